The van der Waals surface area contributed by atoms with E-state index < -0.39 is 0 Å². The molecule has 1 amide bonds. The summed E-state index contributed by atoms with van der Waals surface area (Å²) in [6.45, 7) is 4.83. The number of aromatic nitrogens is 1. The summed E-state index contributed by atoms with van der Waals surface area (Å²) < 4.78 is 11.0. The van der Waals surface area contributed by atoms with Crippen LogP contribution < -0.4 is 14.8 Å². The molecule has 1 N–H and O–H groups in total. The van der Waals surface area contributed by atoms with E-state index in [1.807, 2.05) is 13.8 Å². The zero-order valence-electron chi connectivity index (χ0n) is 12.4. The van der Waals surface area contributed by atoms with Crippen molar-refractivity contribution in [3.8, 4) is 11.5 Å². The number of nitrogens with one attached hydrogen (secondary N) is 1. The van der Waals surface area contributed by atoms with Crippen LogP contribution in [0.25, 0.3) is 0 Å². The van der Waals surface area contributed by atoms with Gasteiger partial charge in [-0.25, -0.2) is 4.98 Å². The van der Waals surface area contributed by atoms with Crippen LogP contribution in [0.1, 0.15) is 24.2 Å². The predicted molar refractivity (Wildman–Crippen MR) is 86.0 cm³/mol. The van der Waals surface area contributed by atoms with Gasteiger partial charge in [-0.3, -0.25) is 4.79 Å². The second-order valence-electron chi connectivity index (χ2n) is 4.32. The molecular weight excluding hydrogens is 304 g/mol. The Morgan fingerprint density at radius 1 is 1.18 bits per heavy atom. The van der Waals surface area contributed by atoms with Gasteiger partial charge in [0.15, 0.2) is 11.5 Å². The number of ether oxygens (including phenoxy) is 2. The molecule has 1 aromatic heterocycles. The molecule has 1 aromatic carbocycles. The summed E-state index contributed by atoms with van der Waals surface area (Å²) in [6.07, 6.45) is 1.53. The first kappa shape index (κ1) is 16.1. The van der Waals surface area contributed by atoms with Crippen LogP contribution in [0.3, 0.4) is 0 Å². The molecule has 0 saturated heterocycles. The summed E-state index contributed by atoms with van der Waals surface area (Å²) in [5.41, 5.74) is 0.910. The van der Waals surface area contributed by atoms with Gasteiger partial charge in [0.25, 0.3) is 5.91 Å². The second-order valence-corrected chi connectivity index (χ2v) is 4.68. The highest BCUT2D eigenvalue weighted by molar-refractivity contribution is 6.33. The van der Waals surface area contributed by atoms with Crippen LogP contribution in [0.5, 0.6) is 11.5 Å². The minimum atomic E-state index is -0.329. The van der Waals surface area contributed by atoms with Crippen LogP contribution >= 0.6 is 11.6 Å². The number of hydrogen-bond acceptors (Lipinski definition) is 4. The molecule has 2 rings (SSSR count). The Balaban J connectivity index is 2.21. The van der Waals surface area contributed by atoms with Gasteiger partial charge >= 0.3 is 0 Å². The summed E-state index contributed by atoms with van der Waals surface area (Å²) in [5, 5.41) is 2.93. The van der Waals surface area contributed by atoms with Crippen LogP contribution in [0, 0.1) is 0 Å². The minimum Gasteiger partial charge on any atom is -0.490 e. The fourth-order valence-corrected chi connectivity index (χ4v) is 2.09. The molecule has 0 aliphatic carbocycles. The molecule has 5 nitrogen and oxygen atoms in total. The zero-order valence-corrected chi connectivity index (χ0v) is 13.2. The first-order valence-electron chi connectivity index (χ1n) is 6.97. The SMILES string of the molecule is CCOc1ccc(NC(=O)c2cccnc2Cl)cc1OCC. The molecule has 0 spiro atoms. The van der Waals surface area contributed by atoms with Crippen LogP contribution in [-0.2, 0) is 0 Å². The number of halogens is 1. The fourth-order valence-electron chi connectivity index (χ4n) is 1.88. The van der Waals surface area contributed by atoms with E-state index in [0.29, 0.717) is 36.0 Å². The van der Waals surface area contributed by atoms with Gasteiger partial charge in [-0.05, 0) is 38.1 Å². The lowest BCUT2D eigenvalue weighted by Crippen LogP contribution is -2.13. The van der Waals surface area contributed by atoms with E-state index in [-0.39, 0.29) is 11.1 Å². The van der Waals surface area contributed by atoms with Crippen LogP contribution in [-0.4, -0.2) is 24.1 Å². The Hall–Kier alpha value is -2.27. The molecule has 1 heterocycles. The average Bonchev–Trinajstić information content (AvgIpc) is 2.50. The van der Waals surface area contributed by atoms with Crippen molar-refractivity contribution in [3.63, 3.8) is 0 Å². The zero-order chi connectivity index (χ0) is 15.9. The molecule has 0 fully saturated rings. The topological polar surface area (TPSA) is 60.5 Å². The van der Waals surface area contributed by atoms with E-state index in [0.717, 1.165) is 0 Å². The van der Waals surface area contributed by atoms with Crippen molar-refractivity contribution in [1.29, 1.82) is 0 Å². The lowest BCUT2D eigenvalue weighted by molar-refractivity contribution is 0.102. The van der Waals surface area contributed by atoms with E-state index in [4.69, 9.17) is 21.1 Å². The highest BCUT2D eigenvalue weighted by atomic mass is 35.5. The van der Waals surface area contributed by atoms with E-state index in [1.165, 1.54) is 6.20 Å². The van der Waals surface area contributed by atoms with Crippen molar-refractivity contribution in [1.82, 2.24) is 4.98 Å². The molecule has 0 unspecified atom stereocenters. The lowest BCUT2D eigenvalue weighted by atomic mass is 10.2. The number of carbonyl (C=O) groups excluding carboxylic acids is 1. The Bertz CT molecular complexity index is 662. The molecule has 6 heteroatoms. The summed E-state index contributed by atoms with van der Waals surface area (Å²) in [4.78, 5) is 16.1. The van der Waals surface area contributed by atoms with Gasteiger partial charge in [0.2, 0.25) is 0 Å². The van der Waals surface area contributed by atoms with Crippen molar-refractivity contribution < 1.29 is 14.3 Å². The van der Waals surface area contributed by atoms with Crippen LogP contribution in [0.4, 0.5) is 5.69 Å². The first-order chi connectivity index (χ1) is 10.7. The molecular formula is C16H17ClN2O3. The third-order valence-electron chi connectivity index (χ3n) is 2.80. The van der Waals surface area contributed by atoms with Gasteiger partial charge in [0, 0.05) is 18.0 Å². The number of carbonyl (C=O) groups is 1. The van der Waals surface area contributed by atoms with E-state index in [1.54, 1.807) is 30.3 Å². The number of benzene rings is 1. The van der Waals surface area contributed by atoms with E-state index in [2.05, 4.69) is 10.3 Å². The molecule has 22 heavy (non-hydrogen) atoms. The molecule has 116 valence electrons. The third-order valence-corrected chi connectivity index (χ3v) is 3.11. The van der Waals surface area contributed by atoms with Gasteiger partial charge in [-0.15, -0.1) is 0 Å². The lowest BCUT2D eigenvalue weighted by Gasteiger charge is -2.13. The highest BCUT2D eigenvalue weighted by Gasteiger charge is 2.12. The summed E-state index contributed by atoms with van der Waals surface area (Å²) >= 11 is 5.92. The van der Waals surface area contributed by atoms with Crippen LogP contribution in [0.2, 0.25) is 5.15 Å². The number of hydrogen-bond donors (Lipinski definition) is 1. The molecule has 0 bridgehead atoms. The van der Waals surface area contributed by atoms with E-state index in [9.17, 15) is 4.79 Å². The molecule has 0 atom stereocenters. The maximum atomic E-state index is 12.2. The smallest absolute Gasteiger partial charge is 0.258 e. The number of pyridine rings is 1. The molecule has 2 aromatic rings. The fraction of sp³-hybridized carbons (Fsp3) is 0.250. The molecule has 0 saturated carbocycles. The van der Waals surface area contributed by atoms with Crippen molar-refractivity contribution in [2.75, 3.05) is 18.5 Å². The highest BCUT2D eigenvalue weighted by Crippen LogP contribution is 2.31. The summed E-state index contributed by atoms with van der Waals surface area (Å²) in [5.74, 6) is 0.894. The standard InChI is InChI=1S/C16H17ClN2O3/c1-3-21-13-8-7-11(10-14(13)22-4-2)19-16(20)12-6-5-9-18-15(12)17/h5-10H,3-4H2,1-2H3,(H,19,20). The Kier molecular flexibility index (Phi) is 5.61. The van der Waals surface area contributed by atoms with Crippen LogP contribution in [0.15, 0.2) is 36.5 Å². The largest absolute Gasteiger partial charge is 0.490 e. The monoisotopic (exact) mass is 320 g/mol. The van der Waals surface area contributed by atoms with Gasteiger partial charge < -0.3 is 14.8 Å². The second kappa shape index (κ2) is 7.66. The van der Waals surface area contributed by atoms with Gasteiger partial charge in [-0.2, -0.15) is 0 Å². The van der Waals surface area contributed by atoms with Crippen molar-refractivity contribution in [2.24, 2.45) is 0 Å². The third kappa shape index (κ3) is 3.89. The number of anilines is 1. The van der Waals surface area contributed by atoms with Gasteiger partial charge in [0.05, 0.1) is 18.8 Å². The Morgan fingerprint density at radius 2 is 1.91 bits per heavy atom. The van der Waals surface area contributed by atoms with E-state index >= 15 is 0 Å². The quantitative estimate of drug-likeness (QED) is 0.823. The maximum absolute atomic E-state index is 12.2. The molecule has 0 aliphatic heterocycles. The van der Waals surface area contributed by atoms with Crippen molar-refractivity contribution in [3.05, 3.63) is 47.2 Å². The van der Waals surface area contributed by atoms with Gasteiger partial charge in [0.1, 0.15) is 5.15 Å². The predicted octanol–water partition coefficient (Wildman–Crippen LogP) is 3.78. The van der Waals surface area contributed by atoms with Crippen molar-refractivity contribution in [2.45, 2.75) is 13.8 Å². The summed E-state index contributed by atoms with van der Waals surface area (Å²) in [6, 6.07) is 8.49. The van der Waals surface area contributed by atoms with Crippen molar-refractivity contribution >= 4 is 23.2 Å². The average molecular weight is 321 g/mol. The Morgan fingerprint density at radius 3 is 2.59 bits per heavy atom. The molecule has 0 radical (unpaired) electrons. The maximum Gasteiger partial charge on any atom is 0.258 e. The summed E-state index contributed by atoms with van der Waals surface area (Å²) in [7, 11) is 0. The number of rotatable bonds is 6. The Labute approximate surface area is 134 Å². The number of nitrogens with zero attached hydrogens (tertiary/aromatic N) is 1. The normalized spacial score (nSPS) is 10.1. The number of amides is 1. The molecule has 0 aliphatic rings. The van der Waals surface area contributed by atoms with Gasteiger partial charge in [-0.1, -0.05) is 11.6 Å². The minimum absolute atomic E-state index is 0.163. The first-order valence-corrected chi connectivity index (χ1v) is 7.35.